The predicted octanol–water partition coefficient (Wildman–Crippen LogP) is 8.65. The van der Waals surface area contributed by atoms with E-state index >= 15 is 0 Å². The lowest BCUT2D eigenvalue weighted by Crippen LogP contribution is -2.17. The van der Waals surface area contributed by atoms with Gasteiger partial charge in [-0.15, -0.1) is 0 Å². The molecule has 2 aliphatic rings. The molecule has 1 N–H and O–H groups in total. The fraction of sp³-hybridized carbons (Fsp3) is 0.353. The van der Waals surface area contributed by atoms with Gasteiger partial charge in [0.15, 0.2) is 0 Å². The molecule has 0 heterocycles. The summed E-state index contributed by atoms with van der Waals surface area (Å²) in [6.45, 7) is 2.14. The Labute approximate surface area is 212 Å². The maximum atomic E-state index is 3.72. The molecule has 35 heavy (non-hydrogen) atoms. The Morgan fingerprint density at radius 2 is 1.49 bits per heavy atom. The van der Waals surface area contributed by atoms with E-state index in [1.165, 1.54) is 85.7 Å². The molecule has 1 heteroatoms. The van der Waals surface area contributed by atoms with Crippen molar-refractivity contribution in [2.45, 2.75) is 77.2 Å². The Bertz CT molecular complexity index is 1180. The Hall–Kier alpha value is -3.06. The van der Waals surface area contributed by atoms with Crippen LogP contribution in [0, 0.1) is 6.92 Å². The molecule has 0 aliphatic heterocycles. The summed E-state index contributed by atoms with van der Waals surface area (Å²) in [4.78, 5) is 0. The molecule has 0 saturated carbocycles. The zero-order valence-corrected chi connectivity index (χ0v) is 21.2. The summed E-state index contributed by atoms with van der Waals surface area (Å²) in [5.74, 6) is 0. The van der Waals surface area contributed by atoms with Crippen molar-refractivity contribution in [3.05, 3.63) is 118 Å². The van der Waals surface area contributed by atoms with Crippen LogP contribution < -0.4 is 5.32 Å². The molecule has 0 spiro atoms. The smallest absolute Gasteiger partial charge is 0.0482 e. The Morgan fingerprint density at radius 3 is 2.17 bits per heavy atom. The molecule has 0 bridgehead atoms. The number of unbranched alkanes of at least 4 members (excludes halogenated alkanes) is 4. The standard InChI is InChI=1S/C34H39N/c1-26-12-15-29(16-13-26)30-20-22-33(23-21-30)35-34-11-7-10-27(25-34)8-5-3-2-4-6-9-28-14-17-31-18-19-32(31)24-28/h7,10-17,20-22,24-25,33,35H,2-6,8-9,18-19,23H2,1H3. The van der Waals surface area contributed by atoms with Crippen LogP contribution in [-0.2, 0) is 25.7 Å². The molecular formula is C34H39N. The van der Waals surface area contributed by atoms with E-state index in [9.17, 15) is 0 Å². The molecule has 3 aromatic carbocycles. The zero-order valence-electron chi connectivity index (χ0n) is 21.2. The number of rotatable bonds is 11. The van der Waals surface area contributed by atoms with Gasteiger partial charge in [-0.2, -0.15) is 0 Å². The fourth-order valence-corrected chi connectivity index (χ4v) is 5.31. The van der Waals surface area contributed by atoms with Gasteiger partial charge in [0.2, 0.25) is 0 Å². The summed E-state index contributed by atoms with van der Waals surface area (Å²) in [6, 6.07) is 25.3. The van der Waals surface area contributed by atoms with Crippen LogP contribution in [0.3, 0.4) is 0 Å². The van der Waals surface area contributed by atoms with Crippen LogP contribution in [0.25, 0.3) is 5.57 Å². The fourth-order valence-electron chi connectivity index (χ4n) is 5.31. The summed E-state index contributed by atoms with van der Waals surface area (Å²) in [5, 5.41) is 3.72. The summed E-state index contributed by atoms with van der Waals surface area (Å²) >= 11 is 0. The lowest BCUT2D eigenvalue weighted by Gasteiger charge is -2.20. The molecular weight excluding hydrogens is 422 g/mol. The van der Waals surface area contributed by atoms with Gasteiger partial charge in [-0.1, -0.05) is 97.7 Å². The summed E-state index contributed by atoms with van der Waals surface area (Å²) in [5.41, 5.74) is 11.4. The zero-order chi connectivity index (χ0) is 23.9. The monoisotopic (exact) mass is 461 g/mol. The van der Waals surface area contributed by atoms with Crippen molar-refractivity contribution < 1.29 is 0 Å². The van der Waals surface area contributed by atoms with Gasteiger partial charge in [-0.05, 0) is 97.4 Å². The maximum absolute atomic E-state index is 3.72. The highest BCUT2D eigenvalue weighted by Gasteiger charge is 2.12. The van der Waals surface area contributed by atoms with Crippen molar-refractivity contribution in [3.63, 3.8) is 0 Å². The molecule has 0 radical (unpaired) electrons. The minimum atomic E-state index is 0.362. The average molecular weight is 462 g/mol. The van der Waals surface area contributed by atoms with E-state index in [-0.39, 0.29) is 0 Å². The molecule has 1 unspecified atom stereocenters. The van der Waals surface area contributed by atoms with Gasteiger partial charge in [0.1, 0.15) is 0 Å². The lowest BCUT2D eigenvalue weighted by molar-refractivity contribution is 0.613. The van der Waals surface area contributed by atoms with E-state index < -0.39 is 0 Å². The highest BCUT2D eigenvalue weighted by Crippen LogP contribution is 2.25. The molecule has 1 nitrogen and oxygen atoms in total. The second kappa shape index (κ2) is 11.6. The third-order valence-electron chi connectivity index (χ3n) is 7.63. The topological polar surface area (TPSA) is 12.0 Å². The molecule has 0 saturated heterocycles. The number of nitrogens with one attached hydrogen (secondary N) is 1. The van der Waals surface area contributed by atoms with E-state index in [0.717, 1.165) is 6.42 Å². The van der Waals surface area contributed by atoms with Crippen molar-refractivity contribution in [2.75, 3.05) is 5.32 Å². The molecule has 0 aromatic heterocycles. The Balaban J connectivity index is 0.998. The number of allylic oxidation sites excluding steroid dienone is 2. The van der Waals surface area contributed by atoms with Gasteiger partial charge in [0.05, 0.1) is 0 Å². The summed E-state index contributed by atoms with van der Waals surface area (Å²) in [7, 11) is 0. The SMILES string of the molecule is Cc1ccc(C2=CCC(Nc3cccc(CCCCCCCc4ccc5c(c4)CC5)c3)C=C2)cc1. The number of benzene rings is 3. The van der Waals surface area contributed by atoms with Crippen LogP contribution in [0.4, 0.5) is 5.69 Å². The minimum Gasteiger partial charge on any atom is -0.379 e. The van der Waals surface area contributed by atoms with Gasteiger partial charge in [0.25, 0.3) is 0 Å². The first-order valence-corrected chi connectivity index (χ1v) is 13.6. The van der Waals surface area contributed by atoms with Crippen molar-refractivity contribution in [3.8, 4) is 0 Å². The van der Waals surface area contributed by atoms with E-state index in [4.69, 9.17) is 0 Å². The Morgan fingerprint density at radius 1 is 0.743 bits per heavy atom. The number of fused-ring (bicyclic) bond motifs is 1. The molecule has 3 aromatic rings. The lowest BCUT2D eigenvalue weighted by atomic mass is 9.86. The van der Waals surface area contributed by atoms with E-state index in [1.807, 2.05) is 0 Å². The first kappa shape index (κ1) is 23.7. The van der Waals surface area contributed by atoms with Crippen molar-refractivity contribution in [1.29, 1.82) is 0 Å². The molecule has 2 aliphatic carbocycles. The van der Waals surface area contributed by atoms with Crippen LogP contribution in [0.2, 0.25) is 0 Å². The average Bonchev–Trinajstić information content (AvgIpc) is 2.86. The van der Waals surface area contributed by atoms with Crippen molar-refractivity contribution >= 4 is 11.3 Å². The molecule has 180 valence electrons. The third kappa shape index (κ3) is 6.54. The predicted molar refractivity (Wildman–Crippen MR) is 151 cm³/mol. The first-order chi connectivity index (χ1) is 17.2. The van der Waals surface area contributed by atoms with E-state index in [0.29, 0.717) is 6.04 Å². The second-order valence-electron chi connectivity index (χ2n) is 10.4. The third-order valence-corrected chi connectivity index (χ3v) is 7.63. The number of anilines is 1. The molecule has 1 atom stereocenters. The largest absolute Gasteiger partial charge is 0.379 e. The van der Waals surface area contributed by atoms with Gasteiger partial charge in [-0.3, -0.25) is 0 Å². The van der Waals surface area contributed by atoms with Crippen LogP contribution in [0.5, 0.6) is 0 Å². The van der Waals surface area contributed by atoms with E-state index in [1.54, 1.807) is 16.7 Å². The van der Waals surface area contributed by atoms with Crippen LogP contribution >= 0.6 is 0 Å². The highest BCUT2D eigenvalue weighted by molar-refractivity contribution is 5.75. The van der Waals surface area contributed by atoms with Gasteiger partial charge >= 0.3 is 0 Å². The minimum absolute atomic E-state index is 0.362. The summed E-state index contributed by atoms with van der Waals surface area (Å²) in [6.07, 6.45) is 19.6. The van der Waals surface area contributed by atoms with Crippen LogP contribution in [-0.4, -0.2) is 6.04 Å². The second-order valence-corrected chi connectivity index (χ2v) is 10.4. The van der Waals surface area contributed by atoms with Gasteiger partial charge < -0.3 is 5.32 Å². The van der Waals surface area contributed by atoms with Crippen LogP contribution in [0.1, 0.15) is 71.9 Å². The van der Waals surface area contributed by atoms with Crippen molar-refractivity contribution in [1.82, 2.24) is 0 Å². The molecule has 5 rings (SSSR count). The highest BCUT2D eigenvalue weighted by atomic mass is 14.9. The quantitative estimate of drug-likeness (QED) is 0.282. The van der Waals surface area contributed by atoms with E-state index in [2.05, 4.69) is 97.2 Å². The number of aryl methyl sites for hydroxylation is 5. The summed E-state index contributed by atoms with van der Waals surface area (Å²) < 4.78 is 0. The van der Waals surface area contributed by atoms with Gasteiger partial charge in [-0.25, -0.2) is 0 Å². The van der Waals surface area contributed by atoms with Crippen molar-refractivity contribution in [2.24, 2.45) is 0 Å². The molecule has 0 amide bonds. The van der Waals surface area contributed by atoms with Crippen LogP contribution in [0.15, 0.2) is 85.0 Å². The Kier molecular flexibility index (Phi) is 7.83. The number of hydrogen-bond donors (Lipinski definition) is 1. The maximum Gasteiger partial charge on any atom is 0.0482 e. The molecule has 0 fully saturated rings. The first-order valence-electron chi connectivity index (χ1n) is 13.6. The van der Waals surface area contributed by atoms with Gasteiger partial charge in [0, 0.05) is 11.7 Å². The number of hydrogen-bond acceptors (Lipinski definition) is 1. The normalized spacial score (nSPS) is 16.4.